The van der Waals surface area contributed by atoms with Crippen molar-refractivity contribution in [2.24, 2.45) is 17.4 Å². The maximum Gasteiger partial charge on any atom is 0.326 e. The van der Waals surface area contributed by atoms with Crippen molar-refractivity contribution in [3.05, 3.63) is 35.9 Å². The number of rotatable bonds is 13. The second kappa shape index (κ2) is 13.1. The van der Waals surface area contributed by atoms with Crippen molar-refractivity contribution >= 4 is 29.6 Å². The first kappa shape index (κ1) is 27.5. The topological polar surface area (TPSA) is 214 Å². The molecule has 0 saturated carbocycles. The van der Waals surface area contributed by atoms with Gasteiger partial charge in [0, 0.05) is 6.42 Å². The number of aliphatic hydroxyl groups excluding tert-OH is 1. The second-order valence-corrected chi connectivity index (χ2v) is 7.84. The van der Waals surface area contributed by atoms with Gasteiger partial charge < -0.3 is 37.6 Å². The van der Waals surface area contributed by atoms with Crippen molar-refractivity contribution in [3.63, 3.8) is 0 Å². The standard InChI is InChI=1S/C21H31N5O7/c1-11(2)17(20(31)25-15(21(32)33)9-16(23)28)26-19(30)14(24-18(29)13(22)10-27)8-12-6-4-3-5-7-12/h3-7,11,13-15,17,27H,8-10,22H2,1-2H3,(H2,23,28)(H,24,29)(H,25,31)(H,26,30)(H,32,33). The van der Waals surface area contributed by atoms with Crippen molar-refractivity contribution in [3.8, 4) is 0 Å². The van der Waals surface area contributed by atoms with Gasteiger partial charge in [-0.3, -0.25) is 19.2 Å². The van der Waals surface area contributed by atoms with E-state index in [-0.39, 0.29) is 6.42 Å². The predicted octanol–water partition coefficient (Wildman–Crippen LogP) is -2.38. The highest BCUT2D eigenvalue weighted by Gasteiger charge is 2.32. The van der Waals surface area contributed by atoms with Gasteiger partial charge in [0.1, 0.15) is 24.2 Å². The summed E-state index contributed by atoms with van der Waals surface area (Å²) in [5.74, 6) is -5.14. The zero-order valence-corrected chi connectivity index (χ0v) is 18.5. The summed E-state index contributed by atoms with van der Waals surface area (Å²) in [5.41, 5.74) is 11.3. The third-order valence-electron chi connectivity index (χ3n) is 4.72. The number of nitrogens with two attached hydrogens (primary N) is 2. The molecule has 0 saturated heterocycles. The number of carboxylic acids is 1. The molecular formula is C21H31N5O7. The number of primary amides is 1. The molecule has 0 fully saturated rings. The van der Waals surface area contributed by atoms with Crippen LogP contribution in [0.1, 0.15) is 25.8 Å². The van der Waals surface area contributed by atoms with E-state index in [2.05, 4.69) is 16.0 Å². The monoisotopic (exact) mass is 465 g/mol. The number of carboxylic acid groups (broad SMARTS) is 1. The molecule has 33 heavy (non-hydrogen) atoms. The Morgan fingerprint density at radius 1 is 0.909 bits per heavy atom. The Morgan fingerprint density at radius 2 is 1.48 bits per heavy atom. The summed E-state index contributed by atoms with van der Waals surface area (Å²) in [6.45, 7) is 2.63. The van der Waals surface area contributed by atoms with Crippen LogP contribution in [-0.4, -0.2) is 70.6 Å². The van der Waals surface area contributed by atoms with Crippen LogP contribution in [0.2, 0.25) is 0 Å². The largest absolute Gasteiger partial charge is 0.480 e. The molecule has 0 aliphatic rings. The number of aliphatic carboxylic acids is 1. The first-order chi connectivity index (χ1) is 15.5. The number of carbonyl (C=O) groups is 5. The molecule has 0 aliphatic heterocycles. The molecule has 12 nitrogen and oxygen atoms in total. The van der Waals surface area contributed by atoms with Gasteiger partial charge in [-0.1, -0.05) is 44.2 Å². The maximum atomic E-state index is 13.0. The molecule has 182 valence electrons. The number of hydrogen-bond donors (Lipinski definition) is 7. The van der Waals surface area contributed by atoms with Crippen LogP contribution in [0.4, 0.5) is 0 Å². The summed E-state index contributed by atoms with van der Waals surface area (Å²) >= 11 is 0. The second-order valence-electron chi connectivity index (χ2n) is 7.84. The van der Waals surface area contributed by atoms with Gasteiger partial charge in [0.25, 0.3) is 0 Å². The van der Waals surface area contributed by atoms with Crippen molar-refractivity contribution < 1.29 is 34.2 Å². The quantitative estimate of drug-likeness (QED) is 0.167. The number of carbonyl (C=O) groups excluding carboxylic acids is 4. The van der Waals surface area contributed by atoms with Gasteiger partial charge in [-0.25, -0.2) is 4.79 Å². The lowest BCUT2D eigenvalue weighted by Gasteiger charge is -2.27. The SMILES string of the molecule is CC(C)C(NC(=O)C(Cc1ccccc1)NC(=O)C(N)CO)C(=O)NC(CC(N)=O)C(=O)O. The molecule has 0 spiro atoms. The van der Waals surface area contributed by atoms with E-state index in [4.69, 9.17) is 16.6 Å². The molecule has 4 unspecified atom stereocenters. The minimum absolute atomic E-state index is 0.0718. The van der Waals surface area contributed by atoms with E-state index in [0.29, 0.717) is 5.56 Å². The van der Waals surface area contributed by atoms with Crippen LogP contribution in [0.3, 0.4) is 0 Å². The minimum Gasteiger partial charge on any atom is -0.480 e. The van der Waals surface area contributed by atoms with Crippen molar-refractivity contribution in [2.45, 2.75) is 50.9 Å². The van der Waals surface area contributed by atoms with Crippen LogP contribution in [-0.2, 0) is 30.4 Å². The molecule has 9 N–H and O–H groups in total. The molecule has 0 aromatic heterocycles. The molecule has 4 atom stereocenters. The molecule has 1 rings (SSSR count). The van der Waals surface area contributed by atoms with E-state index < -0.39 is 72.7 Å². The molecule has 0 bridgehead atoms. The Balaban J connectivity index is 3.05. The Labute approximate surface area is 191 Å². The van der Waals surface area contributed by atoms with Crippen LogP contribution in [0.15, 0.2) is 30.3 Å². The first-order valence-corrected chi connectivity index (χ1v) is 10.3. The molecular weight excluding hydrogens is 434 g/mol. The van der Waals surface area contributed by atoms with E-state index in [1.165, 1.54) is 0 Å². The van der Waals surface area contributed by atoms with Crippen molar-refractivity contribution in [1.82, 2.24) is 16.0 Å². The highest BCUT2D eigenvalue weighted by molar-refractivity contribution is 5.95. The lowest BCUT2D eigenvalue weighted by Crippen LogP contribution is -2.59. The van der Waals surface area contributed by atoms with Crippen molar-refractivity contribution in [1.29, 1.82) is 0 Å². The summed E-state index contributed by atoms with van der Waals surface area (Å²) in [4.78, 5) is 60.3. The number of hydrogen-bond acceptors (Lipinski definition) is 7. The van der Waals surface area contributed by atoms with E-state index in [0.717, 1.165) is 0 Å². The molecule has 1 aromatic rings. The Hall–Kier alpha value is -3.51. The fraction of sp³-hybridized carbons (Fsp3) is 0.476. The van der Waals surface area contributed by atoms with Gasteiger partial charge >= 0.3 is 5.97 Å². The summed E-state index contributed by atoms with van der Waals surface area (Å²) in [6.07, 6.45) is -0.548. The molecule has 0 radical (unpaired) electrons. The van der Waals surface area contributed by atoms with E-state index in [1.54, 1.807) is 44.2 Å². The Morgan fingerprint density at radius 3 is 1.97 bits per heavy atom. The third kappa shape index (κ3) is 9.25. The summed E-state index contributed by atoms with van der Waals surface area (Å²) < 4.78 is 0. The molecule has 0 aliphatic carbocycles. The lowest BCUT2D eigenvalue weighted by atomic mass is 10.00. The molecule has 4 amide bonds. The van der Waals surface area contributed by atoms with Crippen LogP contribution in [0, 0.1) is 5.92 Å². The average molecular weight is 466 g/mol. The summed E-state index contributed by atoms with van der Waals surface area (Å²) in [5, 5.41) is 25.5. The number of benzene rings is 1. The van der Waals surface area contributed by atoms with E-state index in [9.17, 15) is 29.1 Å². The molecule has 1 aromatic carbocycles. The van der Waals surface area contributed by atoms with Gasteiger partial charge in [-0.2, -0.15) is 0 Å². The summed E-state index contributed by atoms with van der Waals surface area (Å²) in [7, 11) is 0. The zero-order chi connectivity index (χ0) is 25.1. The van der Waals surface area contributed by atoms with Crippen LogP contribution in [0.5, 0.6) is 0 Å². The first-order valence-electron chi connectivity index (χ1n) is 10.3. The van der Waals surface area contributed by atoms with E-state index >= 15 is 0 Å². The highest BCUT2D eigenvalue weighted by Crippen LogP contribution is 2.08. The average Bonchev–Trinajstić information content (AvgIpc) is 2.75. The van der Waals surface area contributed by atoms with Crippen LogP contribution < -0.4 is 27.4 Å². The number of amides is 4. The van der Waals surface area contributed by atoms with Gasteiger partial charge in [-0.05, 0) is 11.5 Å². The van der Waals surface area contributed by atoms with Gasteiger partial charge in [0.05, 0.1) is 13.0 Å². The van der Waals surface area contributed by atoms with Crippen LogP contribution >= 0.6 is 0 Å². The minimum atomic E-state index is -1.56. The third-order valence-corrected chi connectivity index (χ3v) is 4.72. The Bertz CT molecular complexity index is 847. The normalized spacial score (nSPS) is 14.5. The van der Waals surface area contributed by atoms with Gasteiger partial charge in [0.15, 0.2) is 0 Å². The van der Waals surface area contributed by atoms with Crippen LogP contribution in [0.25, 0.3) is 0 Å². The fourth-order valence-corrected chi connectivity index (χ4v) is 2.87. The van der Waals surface area contributed by atoms with Gasteiger partial charge in [-0.15, -0.1) is 0 Å². The lowest BCUT2D eigenvalue weighted by molar-refractivity contribution is -0.144. The van der Waals surface area contributed by atoms with Crippen molar-refractivity contribution in [2.75, 3.05) is 6.61 Å². The fourth-order valence-electron chi connectivity index (χ4n) is 2.87. The number of nitrogens with one attached hydrogen (secondary N) is 3. The molecule has 12 heteroatoms. The van der Waals surface area contributed by atoms with Gasteiger partial charge in [0.2, 0.25) is 23.6 Å². The maximum absolute atomic E-state index is 13.0. The highest BCUT2D eigenvalue weighted by atomic mass is 16.4. The summed E-state index contributed by atoms with van der Waals surface area (Å²) in [6, 6.07) is 3.66. The zero-order valence-electron chi connectivity index (χ0n) is 18.5. The molecule has 0 heterocycles. The van der Waals surface area contributed by atoms with E-state index in [1.807, 2.05) is 0 Å². The predicted molar refractivity (Wildman–Crippen MR) is 117 cm³/mol. The Kier molecular flexibility index (Phi) is 11.0. The smallest absolute Gasteiger partial charge is 0.326 e. The number of aliphatic hydroxyl groups is 1.